The number of aliphatic hydroxyl groups is 1. The van der Waals surface area contributed by atoms with Crippen molar-refractivity contribution in [3.63, 3.8) is 0 Å². The summed E-state index contributed by atoms with van der Waals surface area (Å²) in [4.78, 5) is 142. The van der Waals surface area contributed by atoms with Gasteiger partial charge in [-0.3, -0.25) is 47.9 Å². The van der Waals surface area contributed by atoms with Crippen LogP contribution in [-0.2, 0) is 119 Å². The number of rotatable bonds is 17. The number of aliphatic hydroxyl groups excluding tert-OH is 1. The van der Waals surface area contributed by atoms with E-state index in [1.54, 1.807) is 83.1 Å². The average molecular weight is 1350 g/mol. The molecule has 0 spiro atoms. The highest BCUT2D eigenvalue weighted by atomic mass is 16.8. The fraction of sp³-hybridized carbons (Fsp3) is 0.853. The van der Waals surface area contributed by atoms with Crippen LogP contribution in [0.1, 0.15) is 208 Å². The highest BCUT2D eigenvalue weighted by Crippen LogP contribution is 2.42. The molecular formula is C68H112O26. The lowest BCUT2D eigenvalue weighted by molar-refractivity contribution is -0.380. The Labute approximate surface area is 555 Å². The van der Waals surface area contributed by atoms with Crippen molar-refractivity contribution < 1.29 is 124 Å². The van der Waals surface area contributed by atoms with E-state index >= 15 is 0 Å². The van der Waals surface area contributed by atoms with E-state index in [4.69, 9.17) is 71.1 Å². The molecule has 0 saturated carbocycles. The van der Waals surface area contributed by atoms with Gasteiger partial charge in [-0.05, 0) is 208 Å². The van der Waals surface area contributed by atoms with Crippen LogP contribution in [0.2, 0.25) is 0 Å². The zero-order valence-corrected chi connectivity index (χ0v) is 61.4. The van der Waals surface area contributed by atoms with E-state index in [0.717, 1.165) is 0 Å². The zero-order valence-electron chi connectivity index (χ0n) is 61.4. The SMILES string of the molecule is CC(C)(C)C(=O)OC[C@H]1O[C@H](O[C@@H]2[C@H](OC(=O)C(C)(C)C)[C@@H](OC(=O)C(C)(C)C)[C@H](O[C@H]3[C@H](OC(=O)C(C)(C)C)[C@@H](OC(=O)C(C)(C)C)[C@@H](O)O[C@@H]3COC(=O)C(C)(C)C)O[C@@H]2COC(=O)C(C)(C)C)[C@H](OC(=O)C(C)(C)C)[C@@H](OC(=O)C(C)(C)C)[C@H]1OC(=O)C(C)(C)C. The maximum atomic E-state index is 14.9. The van der Waals surface area contributed by atoms with Crippen molar-refractivity contribution in [3.8, 4) is 0 Å². The molecule has 0 aromatic heterocycles. The summed E-state index contributed by atoms with van der Waals surface area (Å²) in [7, 11) is 0. The number of hydrogen-bond acceptors (Lipinski definition) is 26. The van der Waals surface area contributed by atoms with Crippen molar-refractivity contribution in [1.29, 1.82) is 0 Å². The minimum absolute atomic E-state index is 0.739. The van der Waals surface area contributed by atoms with E-state index in [2.05, 4.69) is 0 Å². The molecule has 26 nitrogen and oxygen atoms in total. The van der Waals surface area contributed by atoms with Crippen LogP contribution in [0.4, 0.5) is 0 Å². The molecule has 0 aromatic carbocycles. The molecular weight excluding hydrogens is 1230 g/mol. The Hall–Kier alpha value is -5.54. The van der Waals surface area contributed by atoms with Gasteiger partial charge in [-0.1, -0.05) is 0 Å². The van der Waals surface area contributed by atoms with Gasteiger partial charge in [0.15, 0.2) is 61.6 Å². The van der Waals surface area contributed by atoms with Crippen molar-refractivity contribution in [1.82, 2.24) is 0 Å². The molecule has 540 valence electrons. The number of ether oxygens (including phenoxy) is 15. The molecule has 0 bridgehead atoms. The Morgan fingerprint density at radius 2 is 0.426 bits per heavy atom. The molecule has 3 heterocycles. The summed E-state index contributed by atoms with van der Waals surface area (Å²) in [6.07, 6.45) is -29.2. The molecule has 0 aliphatic carbocycles. The first-order valence-corrected chi connectivity index (χ1v) is 31.9. The van der Waals surface area contributed by atoms with Crippen molar-refractivity contribution in [3.05, 3.63) is 0 Å². The first-order valence-electron chi connectivity index (χ1n) is 31.9. The van der Waals surface area contributed by atoms with Gasteiger partial charge in [-0.25, -0.2) is 0 Å². The second-order valence-corrected chi connectivity index (χ2v) is 34.7. The van der Waals surface area contributed by atoms with Gasteiger partial charge in [-0.15, -0.1) is 0 Å². The van der Waals surface area contributed by atoms with Crippen LogP contribution in [-0.4, -0.2) is 177 Å². The Balaban J connectivity index is 2.72. The van der Waals surface area contributed by atoms with Gasteiger partial charge < -0.3 is 76.2 Å². The molecule has 1 N–H and O–H groups in total. The van der Waals surface area contributed by atoms with Crippen LogP contribution in [0.5, 0.6) is 0 Å². The summed E-state index contributed by atoms with van der Waals surface area (Å²) in [5.41, 5.74) is -12.8. The maximum absolute atomic E-state index is 14.9. The molecule has 15 atom stereocenters. The largest absolute Gasteiger partial charge is 0.462 e. The molecule has 3 aliphatic heterocycles. The highest BCUT2D eigenvalue weighted by molar-refractivity contribution is 5.80. The fourth-order valence-corrected chi connectivity index (χ4v) is 8.06. The summed E-state index contributed by atoms with van der Waals surface area (Å²) < 4.78 is 95.2. The van der Waals surface area contributed by atoms with Crippen molar-refractivity contribution in [2.45, 2.75) is 300 Å². The van der Waals surface area contributed by atoms with E-state index in [1.165, 1.54) is 125 Å². The first kappa shape index (κ1) is 82.7. The minimum Gasteiger partial charge on any atom is -0.462 e. The van der Waals surface area contributed by atoms with E-state index < -0.39 is 226 Å². The van der Waals surface area contributed by atoms with Crippen LogP contribution >= 0.6 is 0 Å². The second-order valence-electron chi connectivity index (χ2n) is 34.7. The Bertz CT molecular complexity index is 2700. The molecule has 3 rings (SSSR count). The number of carbonyl (C=O) groups is 10. The van der Waals surface area contributed by atoms with E-state index in [1.807, 2.05) is 0 Å². The van der Waals surface area contributed by atoms with E-state index in [-0.39, 0.29) is 0 Å². The Kier molecular flexibility index (Phi) is 26.4. The topological polar surface area (TPSA) is 329 Å². The summed E-state index contributed by atoms with van der Waals surface area (Å²) in [6, 6.07) is 0. The summed E-state index contributed by atoms with van der Waals surface area (Å²) in [5.74, 6) is -8.90. The van der Waals surface area contributed by atoms with Crippen LogP contribution in [0.25, 0.3) is 0 Å². The normalized spacial score (nSPS) is 27.7. The van der Waals surface area contributed by atoms with Gasteiger partial charge in [0.1, 0.15) is 50.3 Å². The third-order valence-electron chi connectivity index (χ3n) is 14.3. The zero-order chi connectivity index (χ0) is 73.2. The molecule has 26 heteroatoms. The number of hydrogen-bond donors (Lipinski definition) is 1. The van der Waals surface area contributed by atoms with E-state index in [9.17, 15) is 53.1 Å². The summed E-state index contributed by atoms with van der Waals surface area (Å²) >= 11 is 0. The van der Waals surface area contributed by atoms with Gasteiger partial charge in [0, 0.05) is 0 Å². The van der Waals surface area contributed by atoms with Gasteiger partial charge >= 0.3 is 59.7 Å². The molecule has 94 heavy (non-hydrogen) atoms. The van der Waals surface area contributed by atoms with Crippen molar-refractivity contribution >= 4 is 59.7 Å². The summed E-state index contributed by atoms with van der Waals surface area (Å²) in [5, 5.41) is 11.9. The number of carbonyl (C=O) groups excluding carboxylic acids is 10. The van der Waals surface area contributed by atoms with Gasteiger partial charge in [0.2, 0.25) is 0 Å². The highest BCUT2D eigenvalue weighted by Gasteiger charge is 2.62. The predicted molar refractivity (Wildman–Crippen MR) is 335 cm³/mol. The lowest BCUT2D eigenvalue weighted by Gasteiger charge is -2.51. The average Bonchev–Trinajstić information content (AvgIpc) is 0.760. The fourth-order valence-electron chi connectivity index (χ4n) is 8.06. The minimum atomic E-state index is -2.16. The first-order chi connectivity index (χ1) is 42.0. The van der Waals surface area contributed by atoms with Crippen LogP contribution in [0.15, 0.2) is 0 Å². The van der Waals surface area contributed by atoms with Crippen LogP contribution in [0.3, 0.4) is 0 Å². The second kappa shape index (κ2) is 30.1. The summed E-state index contributed by atoms with van der Waals surface area (Å²) in [6.45, 7) is 43.7. The molecule has 3 fully saturated rings. The smallest absolute Gasteiger partial charge is 0.311 e. The van der Waals surface area contributed by atoms with Crippen LogP contribution < -0.4 is 0 Å². The molecule has 0 amide bonds. The standard InChI is InChI=1S/C68H112O26/c1-59(2,3)49(70)80-31-34-37(40(89-53(74)63(13,14)15)43(46(69)83-34)92-56(77)66(22,23)24)86-47-44(93-57(78)67(25,26)27)41(90-54(75)64(16,17)18)38(35(84-47)32-81-50(71)60(4,5)6)87-48-45(94-58(79)68(28,29)30)42(91-55(76)65(19,20)21)39(88-52(73)62(10,11)12)36(85-48)33-82-51(72)61(7,8)9/h34-48,69H,31-33H2,1-30H3/t34-,35-,36-,37-,38+,39+,40+,41+,42+,43-,44-,45-,46+,47+,48-/m1/s1. The van der Waals surface area contributed by atoms with Gasteiger partial charge in [-0.2, -0.15) is 0 Å². The molecule has 0 unspecified atom stereocenters. The van der Waals surface area contributed by atoms with Gasteiger partial charge in [0.05, 0.1) is 54.1 Å². The lowest BCUT2D eigenvalue weighted by atomic mass is 9.92. The quantitative estimate of drug-likeness (QED) is 0.105. The third-order valence-corrected chi connectivity index (χ3v) is 14.3. The third kappa shape index (κ3) is 23.1. The Morgan fingerprint density at radius 3 is 0.670 bits per heavy atom. The van der Waals surface area contributed by atoms with Crippen LogP contribution in [0, 0.1) is 54.1 Å². The number of esters is 10. The molecule has 0 aromatic rings. The lowest BCUT2D eigenvalue weighted by Crippen LogP contribution is -2.69. The van der Waals surface area contributed by atoms with Crippen molar-refractivity contribution in [2.24, 2.45) is 54.1 Å². The maximum Gasteiger partial charge on any atom is 0.311 e. The molecule has 0 radical (unpaired) electrons. The molecule has 3 saturated heterocycles. The molecule has 3 aliphatic rings. The van der Waals surface area contributed by atoms with E-state index in [0.29, 0.717) is 0 Å². The van der Waals surface area contributed by atoms with Gasteiger partial charge in [0.25, 0.3) is 0 Å². The Morgan fingerprint density at radius 1 is 0.245 bits per heavy atom. The monoisotopic (exact) mass is 1340 g/mol. The van der Waals surface area contributed by atoms with Crippen molar-refractivity contribution in [2.75, 3.05) is 19.8 Å². The predicted octanol–water partition coefficient (Wildman–Crippen LogP) is 8.40.